The number of hydrogen-bond donors (Lipinski definition) is 2. The van der Waals surface area contributed by atoms with Gasteiger partial charge in [-0.3, -0.25) is 4.98 Å². The van der Waals surface area contributed by atoms with Gasteiger partial charge >= 0.3 is 0 Å². The molecule has 19 heavy (non-hydrogen) atoms. The van der Waals surface area contributed by atoms with E-state index in [1.165, 1.54) is 0 Å². The summed E-state index contributed by atoms with van der Waals surface area (Å²) < 4.78 is 5.36. The molecule has 4 heteroatoms. The standard InChI is InChI=1S/C15H18N2O2/c1-3-19-15-9-12(6-7-14(15)18)10-17-13-5-4-8-16-11(13)2/h4-9,17-18H,3,10H2,1-2H3. The van der Waals surface area contributed by atoms with E-state index in [1.807, 2.05) is 38.1 Å². The molecule has 0 aliphatic heterocycles. The lowest BCUT2D eigenvalue weighted by molar-refractivity contribution is 0.318. The van der Waals surface area contributed by atoms with Crippen LogP contribution in [0.3, 0.4) is 0 Å². The SMILES string of the molecule is CCOc1cc(CNc2cccnc2C)ccc1O. The van der Waals surface area contributed by atoms with E-state index < -0.39 is 0 Å². The molecule has 4 nitrogen and oxygen atoms in total. The monoisotopic (exact) mass is 258 g/mol. The minimum atomic E-state index is 0.170. The van der Waals surface area contributed by atoms with Gasteiger partial charge in [-0.15, -0.1) is 0 Å². The third kappa shape index (κ3) is 3.37. The van der Waals surface area contributed by atoms with Crippen molar-refractivity contribution < 1.29 is 9.84 Å². The predicted molar refractivity (Wildman–Crippen MR) is 75.6 cm³/mol. The molecular formula is C15H18N2O2. The van der Waals surface area contributed by atoms with Gasteiger partial charge in [-0.2, -0.15) is 0 Å². The minimum absolute atomic E-state index is 0.170. The Hall–Kier alpha value is -2.23. The van der Waals surface area contributed by atoms with Gasteiger partial charge in [0.25, 0.3) is 0 Å². The van der Waals surface area contributed by atoms with Crippen molar-refractivity contribution in [3.05, 3.63) is 47.8 Å². The number of benzene rings is 1. The maximum atomic E-state index is 9.64. The van der Waals surface area contributed by atoms with Gasteiger partial charge < -0.3 is 15.2 Å². The number of rotatable bonds is 5. The second kappa shape index (κ2) is 6.09. The van der Waals surface area contributed by atoms with Gasteiger partial charge in [-0.1, -0.05) is 6.07 Å². The first-order valence-corrected chi connectivity index (χ1v) is 6.31. The van der Waals surface area contributed by atoms with E-state index in [4.69, 9.17) is 4.74 Å². The Kier molecular flexibility index (Phi) is 4.23. The maximum absolute atomic E-state index is 9.64. The number of aromatic nitrogens is 1. The third-order valence-corrected chi connectivity index (χ3v) is 2.81. The lowest BCUT2D eigenvalue weighted by Crippen LogP contribution is -2.02. The normalized spacial score (nSPS) is 10.2. The Balaban J connectivity index is 2.07. The van der Waals surface area contributed by atoms with E-state index in [0.29, 0.717) is 18.9 Å². The molecule has 0 saturated heterocycles. The molecule has 2 aromatic rings. The molecule has 2 rings (SSSR count). The molecule has 0 aliphatic carbocycles. The van der Waals surface area contributed by atoms with Crippen molar-refractivity contribution in [3.8, 4) is 11.5 Å². The number of anilines is 1. The summed E-state index contributed by atoms with van der Waals surface area (Å²) >= 11 is 0. The number of ether oxygens (including phenoxy) is 1. The van der Waals surface area contributed by atoms with Crippen LogP contribution in [-0.4, -0.2) is 16.7 Å². The highest BCUT2D eigenvalue weighted by atomic mass is 16.5. The summed E-state index contributed by atoms with van der Waals surface area (Å²) in [6.45, 7) is 5.05. The van der Waals surface area contributed by atoms with Gasteiger partial charge in [-0.05, 0) is 43.7 Å². The van der Waals surface area contributed by atoms with Crippen LogP contribution in [0.25, 0.3) is 0 Å². The van der Waals surface area contributed by atoms with Crippen molar-refractivity contribution in [1.29, 1.82) is 0 Å². The van der Waals surface area contributed by atoms with Crippen molar-refractivity contribution in [2.75, 3.05) is 11.9 Å². The molecule has 100 valence electrons. The van der Waals surface area contributed by atoms with Crippen LogP contribution in [0.15, 0.2) is 36.5 Å². The number of nitrogens with one attached hydrogen (secondary N) is 1. The van der Waals surface area contributed by atoms with Crippen molar-refractivity contribution >= 4 is 5.69 Å². The molecule has 0 unspecified atom stereocenters. The zero-order chi connectivity index (χ0) is 13.7. The molecule has 0 bridgehead atoms. The number of phenolic OH excluding ortho intramolecular Hbond substituents is 1. The number of aromatic hydroxyl groups is 1. The predicted octanol–water partition coefficient (Wildman–Crippen LogP) is 3.11. The molecular weight excluding hydrogens is 240 g/mol. The Morgan fingerprint density at radius 3 is 2.89 bits per heavy atom. The lowest BCUT2D eigenvalue weighted by atomic mass is 10.2. The van der Waals surface area contributed by atoms with Crippen molar-refractivity contribution in [2.45, 2.75) is 20.4 Å². The first-order chi connectivity index (χ1) is 9.20. The van der Waals surface area contributed by atoms with Crippen molar-refractivity contribution in [3.63, 3.8) is 0 Å². The van der Waals surface area contributed by atoms with Crippen LogP contribution in [0.2, 0.25) is 0 Å². The number of pyridine rings is 1. The topological polar surface area (TPSA) is 54.4 Å². The molecule has 0 atom stereocenters. The lowest BCUT2D eigenvalue weighted by Gasteiger charge is -2.11. The Bertz CT molecular complexity index is 556. The number of nitrogens with zero attached hydrogens (tertiary/aromatic N) is 1. The van der Waals surface area contributed by atoms with Gasteiger partial charge in [-0.25, -0.2) is 0 Å². The quantitative estimate of drug-likeness (QED) is 0.865. The summed E-state index contributed by atoms with van der Waals surface area (Å²) in [6, 6.07) is 9.26. The highest BCUT2D eigenvalue weighted by Gasteiger charge is 2.04. The molecule has 1 heterocycles. The smallest absolute Gasteiger partial charge is 0.161 e. The van der Waals surface area contributed by atoms with Crippen LogP contribution in [0, 0.1) is 6.92 Å². The highest BCUT2D eigenvalue weighted by Crippen LogP contribution is 2.27. The number of hydrogen-bond acceptors (Lipinski definition) is 4. The molecule has 0 aliphatic rings. The zero-order valence-electron chi connectivity index (χ0n) is 11.2. The van der Waals surface area contributed by atoms with Gasteiger partial charge in [0, 0.05) is 12.7 Å². The fourth-order valence-electron chi connectivity index (χ4n) is 1.81. The Labute approximate surface area is 113 Å². The van der Waals surface area contributed by atoms with E-state index in [9.17, 15) is 5.11 Å². The van der Waals surface area contributed by atoms with Gasteiger partial charge in [0.05, 0.1) is 18.0 Å². The van der Waals surface area contributed by atoms with Crippen LogP contribution in [-0.2, 0) is 6.54 Å². The molecule has 0 spiro atoms. The molecule has 1 aromatic carbocycles. The Morgan fingerprint density at radius 2 is 2.16 bits per heavy atom. The first-order valence-electron chi connectivity index (χ1n) is 6.31. The molecule has 0 amide bonds. The number of aryl methyl sites for hydroxylation is 1. The fourth-order valence-corrected chi connectivity index (χ4v) is 1.81. The summed E-state index contributed by atoms with van der Waals surface area (Å²) in [5.41, 5.74) is 3.02. The van der Waals surface area contributed by atoms with E-state index in [-0.39, 0.29) is 5.75 Å². The second-order valence-electron chi connectivity index (χ2n) is 4.23. The van der Waals surface area contributed by atoms with Gasteiger partial charge in [0.15, 0.2) is 11.5 Å². The van der Waals surface area contributed by atoms with Gasteiger partial charge in [0.2, 0.25) is 0 Å². The van der Waals surface area contributed by atoms with E-state index in [1.54, 1.807) is 12.3 Å². The molecule has 0 saturated carbocycles. The average molecular weight is 258 g/mol. The summed E-state index contributed by atoms with van der Waals surface area (Å²) in [5.74, 6) is 0.688. The summed E-state index contributed by atoms with van der Waals surface area (Å²) in [4.78, 5) is 4.23. The fraction of sp³-hybridized carbons (Fsp3) is 0.267. The molecule has 1 aromatic heterocycles. The van der Waals surface area contributed by atoms with Crippen LogP contribution in [0.4, 0.5) is 5.69 Å². The van der Waals surface area contributed by atoms with Gasteiger partial charge in [0.1, 0.15) is 0 Å². The van der Waals surface area contributed by atoms with Crippen LogP contribution in [0.5, 0.6) is 11.5 Å². The van der Waals surface area contributed by atoms with E-state index >= 15 is 0 Å². The molecule has 0 radical (unpaired) electrons. The maximum Gasteiger partial charge on any atom is 0.161 e. The van der Waals surface area contributed by atoms with Crippen LogP contribution < -0.4 is 10.1 Å². The first kappa shape index (κ1) is 13.2. The average Bonchev–Trinajstić information content (AvgIpc) is 2.41. The van der Waals surface area contributed by atoms with Crippen molar-refractivity contribution in [1.82, 2.24) is 4.98 Å². The van der Waals surface area contributed by atoms with E-state index in [2.05, 4.69) is 10.3 Å². The molecule has 2 N–H and O–H groups in total. The van der Waals surface area contributed by atoms with Crippen LogP contribution in [0.1, 0.15) is 18.2 Å². The second-order valence-corrected chi connectivity index (χ2v) is 4.23. The summed E-state index contributed by atoms with van der Waals surface area (Å²) in [7, 11) is 0. The summed E-state index contributed by atoms with van der Waals surface area (Å²) in [5, 5.41) is 13.0. The summed E-state index contributed by atoms with van der Waals surface area (Å²) in [6.07, 6.45) is 1.77. The minimum Gasteiger partial charge on any atom is -0.504 e. The zero-order valence-corrected chi connectivity index (χ0v) is 11.2. The highest BCUT2D eigenvalue weighted by molar-refractivity contribution is 5.48. The van der Waals surface area contributed by atoms with E-state index in [0.717, 1.165) is 16.9 Å². The molecule has 0 fully saturated rings. The Morgan fingerprint density at radius 1 is 1.32 bits per heavy atom. The number of phenols is 1. The van der Waals surface area contributed by atoms with Crippen LogP contribution >= 0.6 is 0 Å². The third-order valence-electron chi connectivity index (χ3n) is 2.81. The van der Waals surface area contributed by atoms with Crippen molar-refractivity contribution in [2.24, 2.45) is 0 Å². The largest absolute Gasteiger partial charge is 0.504 e.